The van der Waals surface area contributed by atoms with E-state index in [2.05, 4.69) is 0 Å². The smallest absolute Gasteiger partial charge is 0.136 e. The lowest BCUT2D eigenvalue weighted by Crippen LogP contribution is -2.51. The molecular weight excluding hydrogens is 600 g/mol. The van der Waals surface area contributed by atoms with Crippen molar-refractivity contribution < 1.29 is 4.42 Å². The zero-order valence-electron chi connectivity index (χ0n) is 27.1. The minimum Gasteiger partial charge on any atom is -0.456 e. The summed E-state index contributed by atoms with van der Waals surface area (Å²) in [6, 6.07) is 15.1. The maximum Gasteiger partial charge on any atom is 0.136 e. The molecular formula is C36H8B14O. The first-order chi connectivity index (χ1) is 24.2. The number of rotatable bonds is 2. The van der Waals surface area contributed by atoms with Crippen molar-refractivity contribution in [3.63, 3.8) is 0 Å². The summed E-state index contributed by atoms with van der Waals surface area (Å²) in [5.41, 5.74) is 4.16. The third-order valence-corrected chi connectivity index (χ3v) is 10.1. The van der Waals surface area contributed by atoms with Gasteiger partial charge in [0.2, 0.25) is 0 Å². The quantitative estimate of drug-likeness (QED) is 0.141. The van der Waals surface area contributed by atoms with E-state index in [9.17, 15) is 0 Å². The van der Waals surface area contributed by atoms with Crippen molar-refractivity contribution in [2.75, 3.05) is 0 Å². The second-order valence-electron chi connectivity index (χ2n) is 12.7. The molecule has 0 bridgehead atoms. The predicted molar refractivity (Wildman–Crippen MR) is 233 cm³/mol. The minimum atomic E-state index is 0.0300. The second kappa shape index (κ2) is 11.8. The van der Waals surface area contributed by atoms with Crippen LogP contribution in [0.1, 0.15) is 0 Å². The van der Waals surface area contributed by atoms with Crippen LogP contribution in [-0.2, 0) is 0 Å². The topological polar surface area (TPSA) is 13.1 Å². The first-order valence-corrected chi connectivity index (χ1v) is 15.6. The van der Waals surface area contributed by atoms with Crippen LogP contribution in [0.15, 0.2) is 52.9 Å². The van der Waals surface area contributed by atoms with Gasteiger partial charge in [-0.2, -0.15) is 0 Å². The molecule has 15 heteroatoms. The first kappa shape index (κ1) is 34.1. The average Bonchev–Trinajstić information content (AvgIpc) is 3.50. The summed E-state index contributed by atoms with van der Waals surface area (Å²) in [6.45, 7) is 0. The molecule has 0 aliphatic carbocycles. The van der Waals surface area contributed by atoms with E-state index >= 15 is 0 Å². The lowest BCUT2D eigenvalue weighted by atomic mass is 9.58. The van der Waals surface area contributed by atoms with Crippen molar-refractivity contribution in [2.24, 2.45) is 0 Å². The third kappa shape index (κ3) is 4.55. The highest BCUT2D eigenvalue weighted by molar-refractivity contribution is 6.73. The number of hydrogen-bond donors (Lipinski definition) is 0. The Morgan fingerprint density at radius 3 is 1.29 bits per heavy atom. The van der Waals surface area contributed by atoms with Crippen molar-refractivity contribution in [3.05, 3.63) is 48.5 Å². The first-order valence-electron chi connectivity index (χ1n) is 15.6. The zero-order chi connectivity index (χ0) is 36.5. The van der Waals surface area contributed by atoms with Crippen LogP contribution in [-0.4, -0.2) is 110 Å². The molecule has 0 atom stereocenters. The maximum absolute atomic E-state index is 6.90. The standard InChI is InChI=1S/C36H8B14O/c37-23-12(8-13-18(25(23)39)26(40)32(46)31(45)24(13)38)17-21-19(27(41)33(47)35(49)29(21)43)16(20-22(17)30(44)36(50)34(48)28(20)42)9-5-6-11-10-3-1-2-4-14(10)51-15(11)7-9/h1-8H. The van der Waals surface area contributed by atoms with Gasteiger partial charge in [-0.3, -0.25) is 0 Å². The number of hydrogen-bond acceptors (Lipinski definition) is 1. The van der Waals surface area contributed by atoms with Gasteiger partial charge >= 0.3 is 0 Å². The fraction of sp³-hybridized carbons (Fsp3) is 0. The monoisotopic (exact) mass is 610 g/mol. The van der Waals surface area contributed by atoms with Gasteiger partial charge in [-0.1, -0.05) is 68.0 Å². The summed E-state index contributed by atoms with van der Waals surface area (Å²) in [6.07, 6.45) is 0. The van der Waals surface area contributed by atoms with Crippen LogP contribution in [0.25, 0.3) is 76.5 Å². The number of fused-ring (bicyclic) bond motifs is 6. The van der Waals surface area contributed by atoms with Gasteiger partial charge in [0.15, 0.2) is 0 Å². The van der Waals surface area contributed by atoms with Gasteiger partial charge in [0.25, 0.3) is 0 Å². The average molecular weight is 608 g/mol. The number of para-hydroxylation sites is 1. The summed E-state index contributed by atoms with van der Waals surface area (Å²) in [5.74, 6) is 0. The van der Waals surface area contributed by atoms with Gasteiger partial charge < -0.3 is 4.42 Å². The molecule has 1 heterocycles. The molecule has 8 rings (SSSR count). The highest BCUT2D eigenvalue weighted by atomic mass is 16.3. The van der Waals surface area contributed by atoms with E-state index in [0.717, 1.165) is 10.8 Å². The van der Waals surface area contributed by atoms with Crippen molar-refractivity contribution in [2.45, 2.75) is 0 Å². The lowest BCUT2D eigenvalue weighted by molar-refractivity contribution is 0.669. The molecule has 51 heavy (non-hydrogen) atoms. The summed E-state index contributed by atoms with van der Waals surface area (Å²) in [4.78, 5) is 0. The van der Waals surface area contributed by atoms with Crippen LogP contribution in [0.3, 0.4) is 0 Å². The molecule has 0 spiro atoms. The highest BCUT2D eigenvalue weighted by Gasteiger charge is 2.26. The molecule has 0 fully saturated rings. The molecule has 0 aliphatic heterocycles. The van der Waals surface area contributed by atoms with Gasteiger partial charge in [0, 0.05) is 10.8 Å². The Labute approximate surface area is 314 Å². The zero-order valence-corrected chi connectivity index (χ0v) is 27.1. The molecule has 7 aromatic carbocycles. The van der Waals surface area contributed by atoms with Crippen molar-refractivity contribution in [3.8, 4) is 22.3 Å². The predicted octanol–water partition coefficient (Wildman–Crippen LogP) is -6.51. The normalized spacial score (nSPS) is 11.8. The molecule has 0 aliphatic rings. The summed E-state index contributed by atoms with van der Waals surface area (Å²) in [5, 5.41) is 3.96. The van der Waals surface area contributed by atoms with Crippen LogP contribution in [0.2, 0.25) is 0 Å². The third-order valence-electron chi connectivity index (χ3n) is 10.1. The van der Waals surface area contributed by atoms with E-state index in [4.69, 9.17) is 114 Å². The van der Waals surface area contributed by atoms with Crippen molar-refractivity contribution in [1.82, 2.24) is 0 Å². The molecule has 200 valence electrons. The van der Waals surface area contributed by atoms with Crippen LogP contribution < -0.4 is 76.5 Å². The number of benzene rings is 7. The van der Waals surface area contributed by atoms with Crippen molar-refractivity contribution >= 4 is 241 Å². The maximum atomic E-state index is 6.90. The molecule has 0 saturated carbocycles. The van der Waals surface area contributed by atoms with Crippen LogP contribution in [0.4, 0.5) is 0 Å². The van der Waals surface area contributed by atoms with Crippen molar-refractivity contribution in [1.29, 1.82) is 0 Å². The van der Waals surface area contributed by atoms with E-state index in [0.29, 0.717) is 65.7 Å². The van der Waals surface area contributed by atoms with E-state index in [1.165, 1.54) is 0 Å². The summed E-state index contributed by atoms with van der Waals surface area (Å²) in [7, 11) is 92.7. The van der Waals surface area contributed by atoms with Gasteiger partial charge in [-0.05, 0) is 78.8 Å². The molecule has 0 unspecified atom stereocenters. The van der Waals surface area contributed by atoms with Crippen LogP contribution in [0, 0.1) is 0 Å². The van der Waals surface area contributed by atoms with E-state index in [-0.39, 0.29) is 76.5 Å². The Bertz CT molecular complexity index is 2830. The Balaban J connectivity index is 1.67. The van der Waals surface area contributed by atoms with Gasteiger partial charge in [0.05, 0.1) is 0 Å². The second-order valence-corrected chi connectivity index (χ2v) is 12.7. The SMILES string of the molecule is [B]c1c([B])c([B])c2c([B])c([B])c(-c3c4c([B])c([B])c([B])c([B])c4c(-c4ccc5c(c4)oc4ccccc45)c4c([B])c([B])c([B])c([B])c34)cc2c1[B]. The molecule has 8 aromatic rings. The molecule has 0 amide bonds. The molecule has 1 nitrogen and oxygen atoms in total. The molecule has 0 saturated heterocycles. The van der Waals surface area contributed by atoms with E-state index < -0.39 is 0 Å². The Morgan fingerprint density at radius 1 is 0.314 bits per heavy atom. The van der Waals surface area contributed by atoms with Gasteiger partial charge in [-0.15, -0.1) is 32.8 Å². The largest absolute Gasteiger partial charge is 0.456 e. The van der Waals surface area contributed by atoms with Gasteiger partial charge in [0.1, 0.15) is 121 Å². The Hall–Kier alpha value is -3.97. The minimum absolute atomic E-state index is 0.0300. The molecule has 1 aromatic heterocycles. The molecule has 0 N–H and O–H groups in total. The highest BCUT2D eigenvalue weighted by Crippen LogP contribution is 2.42. The number of furan rings is 1. The fourth-order valence-corrected chi connectivity index (χ4v) is 7.38. The fourth-order valence-electron chi connectivity index (χ4n) is 7.38. The van der Waals surface area contributed by atoms with E-state index in [1.54, 1.807) is 6.07 Å². The van der Waals surface area contributed by atoms with Gasteiger partial charge in [-0.25, -0.2) is 0 Å². The Kier molecular flexibility index (Phi) is 7.88. The lowest BCUT2D eigenvalue weighted by Gasteiger charge is -2.30. The van der Waals surface area contributed by atoms with Crippen LogP contribution in [0.5, 0.6) is 0 Å². The molecule has 28 radical (unpaired) electrons. The summed E-state index contributed by atoms with van der Waals surface area (Å²) < 4.78 is 6.26. The van der Waals surface area contributed by atoms with Crippen LogP contribution >= 0.6 is 0 Å². The summed E-state index contributed by atoms with van der Waals surface area (Å²) >= 11 is 0. The van der Waals surface area contributed by atoms with E-state index in [1.807, 2.05) is 42.5 Å². The Morgan fingerprint density at radius 2 is 0.745 bits per heavy atom.